The molecule has 1 rings (SSSR count). The van der Waals surface area contributed by atoms with E-state index in [1.54, 1.807) is 0 Å². The zero-order valence-corrected chi connectivity index (χ0v) is 9.76. The van der Waals surface area contributed by atoms with Gasteiger partial charge in [0.1, 0.15) is 12.2 Å². The van der Waals surface area contributed by atoms with Gasteiger partial charge >= 0.3 is 0 Å². The maximum atomic E-state index is 11.7. The highest BCUT2D eigenvalue weighted by Gasteiger charge is 2.41. The van der Waals surface area contributed by atoms with Crippen molar-refractivity contribution in [3.05, 3.63) is 0 Å². The standard InChI is InChI=1S/C11H21NO4/c1-3-4-6(2)11(16)12-7-5-8(13)10(15)9(7)14/h6-10,13-15H,3-5H2,1-2H3,(H,12,16). The minimum Gasteiger partial charge on any atom is -0.390 e. The van der Waals surface area contributed by atoms with E-state index in [0.29, 0.717) is 0 Å². The summed E-state index contributed by atoms with van der Waals surface area (Å²) in [6.07, 6.45) is -1.28. The van der Waals surface area contributed by atoms with Crippen LogP contribution in [0.15, 0.2) is 0 Å². The molecule has 5 nitrogen and oxygen atoms in total. The van der Waals surface area contributed by atoms with Gasteiger partial charge in [-0.3, -0.25) is 4.79 Å². The van der Waals surface area contributed by atoms with Crippen molar-refractivity contribution in [3.63, 3.8) is 0 Å². The smallest absolute Gasteiger partial charge is 0.223 e. The number of carbonyl (C=O) groups is 1. The Bertz CT molecular complexity index is 246. The minimum atomic E-state index is -1.16. The largest absolute Gasteiger partial charge is 0.390 e. The molecular weight excluding hydrogens is 210 g/mol. The van der Waals surface area contributed by atoms with E-state index in [4.69, 9.17) is 0 Å². The molecule has 1 aliphatic carbocycles. The number of hydrogen-bond donors (Lipinski definition) is 4. The Morgan fingerprint density at radius 1 is 1.38 bits per heavy atom. The second-order valence-corrected chi connectivity index (χ2v) is 4.59. The van der Waals surface area contributed by atoms with Crippen molar-refractivity contribution in [2.24, 2.45) is 5.92 Å². The van der Waals surface area contributed by atoms with Crippen molar-refractivity contribution in [1.29, 1.82) is 0 Å². The van der Waals surface area contributed by atoms with Crippen molar-refractivity contribution >= 4 is 5.91 Å². The van der Waals surface area contributed by atoms with Crippen LogP contribution in [0.1, 0.15) is 33.1 Å². The first-order valence-corrected chi connectivity index (χ1v) is 5.82. The fraction of sp³-hybridized carbons (Fsp3) is 0.909. The highest BCUT2D eigenvalue weighted by atomic mass is 16.4. The van der Waals surface area contributed by atoms with Gasteiger partial charge in [-0.2, -0.15) is 0 Å². The highest BCUT2D eigenvalue weighted by molar-refractivity contribution is 5.78. The number of rotatable bonds is 4. The van der Waals surface area contributed by atoms with Crippen LogP contribution in [0, 0.1) is 5.92 Å². The number of amides is 1. The lowest BCUT2D eigenvalue weighted by Crippen LogP contribution is -2.44. The Kier molecular flexibility index (Phi) is 4.70. The number of hydrogen-bond acceptors (Lipinski definition) is 4. The molecular formula is C11H21NO4. The van der Waals surface area contributed by atoms with E-state index in [1.165, 1.54) is 0 Å². The first kappa shape index (κ1) is 13.4. The van der Waals surface area contributed by atoms with Gasteiger partial charge in [-0.25, -0.2) is 0 Å². The van der Waals surface area contributed by atoms with Crippen LogP contribution in [0.25, 0.3) is 0 Å². The third-order valence-electron chi connectivity index (χ3n) is 3.15. The molecule has 0 heterocycles. The van der Waals surface area contributed by atoms with Crippen LogP contribution < -0.4 is 5.32 Å². The Balaban J connectivity index is 2.46. The van der Waals surface area contributed by atoms with Crippen LogP contribution in [0.4, 0.5) is 0 Å². The van der Waals surface area contributed by atoms with E-state index in [9.17, 15) is 20.1 Å². The normalized spacial score (nSPS) is 36.1. The lowest BCUT2D eigenvalue weighted by molar-refractivity contribution is -0.126. The van der Waals surface area contributed by atoms with E-state index < -0.39 is 24.4 Å². The van der Waals surface area contributed by atoms with Gasteiger partial charge in [0.25, 0.3) is 0 Å². The second-order valence-electron chi connectivity index (χ2n) is 4.59. The molecule has 5 heteroatoms. The van der Waals surface area contributed by atoms with Crippen LogP contribution in [0.2, 0.25) is 0 Å². The topological polar surface area (TPSA) is 89.8 Å². The van der Waals surface area contributed by atoms with E-state index >= 15 is 0 Å². The first-order valence-electron chi connectivity index (χ1n) is 5.82. The van der Waals surface area contributed by atoms with Gasteiger partial charge in [-0.15, -0.1) is 0 Å². The van der Waals surface area contributed by atoms with Crippen molar-refractivity contribution in [3.8, 4) is 0 Å². The quantitative estimate of drug-likeness (QED) is 0.520. The Labute approximate surface area is 95.5 Å². The predicted octanol–water partition coefficient (Wildman–Crippen LogP) is -0.606. The molecule has 0 aliphatic heterocycles. The molecule has 16 heavy (non-hydrogen) atoms. The first-order chi connectivity index (χ1) is 7.47. The van der Waals surface area contributed by atoms with Crippen LogP contribution in [-0.4, -0.2) is 45.6 Å². The number of aliphatic hydroxyl groups excluding tert-OH is 3. The SMILES string of the molecule is CCCC(C)C(=O)NC1CC(O)C(O)C1O. The average Bonchev–Trinajstić information content (AvgIpc) is 2.47. The van der Waals surface area contributed by atoms with Crippen LogP contribution in [0.3, 0.4) is 0 Å². The van der Waals surface area contributed by atoms with Gasteiger partial charge in [-0.05, 0) is 12.8 Å². The molecule has 1 aliphatic rings. The van der Waals surface area contributed by atoms with Gasteiger partial charge in [-0.1, -0.05) is 20.3 Å². The van der Waals surface area contributed by atoms with Gasteiger partial charge < -0.3 is 20.6 Å². The predicted molar refractivity (Wildman–Crippen MR) is 58.6 cm³/mol. The summed E-state index contributed by atoms with van der Waals surface area (Å²) in [5.74, 6) is -0.237. The Hall–Kier alpha value is -0.650. The second kappa shape index (κ2) is 5.61. The highest BCUT2D eigenvalue weighted by Crippen LogP contribution is 2.21. The summed E-state index contributed by atoms with van der Waals surface area (Å²) < 4.78 is 0. The molecule has 1 amide bonds. The molecule has 94 valence electrons. The average molecular weight is 231 g/mol. The summed E-state index contributed by atoms with van der Waals surface area (Å²) in [6.45, 7) is 3.83. The summed E-state index contributed by atoms with van der Waals surface area (Å²) in [5, 5.41) is 30.9. The summed E-state index contributed by atoms with van der Waals surface area (Å²) >= 11 is 0. The Morgan fingerprint density at radius 2 is 2.00 bits per heavy atom. The molecule has 5 unspecified atom stereocenters. The third kappa shape index (κ3) is 2.93. The van der Waals surface area contributed by atoms with Gasteiger partial charge in [0, 0.05) is 5.92 Å². The zero-order chi connectivity index (χ0) is 12.3. The maximum absolute atomic E-state index is 11.7. The summed E-state index contributed by atoms with van der Waals surface area (Å²) in [4.78, 5) is 11.7. The molecule has 0 bridgehead atoms. The number of carbonyl (C=O) groups excluding carboxylic acids is 1. The van der Waals surface area contributed by atoms with Crippen LogP contribution in [0.5, 0.6) is 0 Å². The molecule has 1 saturated carbocycles. The molecule has 0 spiro atoms. The molecule has 1 fully saturated rings. The molecule has 5 atom stereocenters. The van der Waals surface area contributed by atoms with Gasteiger partial charge in [0.2, 0.25) is 5.91 Å². The fourth-order valence-electron chi connectivity index (χ4n) is 2.04. The molecule has 4 N–H and O–H groups in total. The zero-order valence-electron chi connectivity index (χ0n) is 9.76. The number of aliphatic hydroxyl groups is 3. The molecule has 0 aromatic rings. The number of nitrogens with one attached hydrogen (secondary N) is 1. The molecule has 0 saturated heterocycles. The van der Waals surface area contributed by atoms with Gasteiger partial charge in [0.15, 0.2) is 0 Å². The Morgan fingerprint density at radius 3 is 2.44 bits per heavy atom. The minimum absolute atomic E-state index is 0.105. The lowest BCUT2D eigenvalue weighted by Gasteiger charge is -2.19. The summed E-state index contributed by atoms with van der Waals surface area (Å²) in [6, 6.07) is -0.545. The summed E-state index contributed by atoms with van der Waals surface area (Å²) in [5.41, 5.74) is 0. The lowest BCUT2D eigenvalue weighted by atomic mass is 10.0. The molecule has 0 aromatic carbocycles. The third-order valence-corrected chi connectivity index (χ3v) is 3.15. The monoisotopic (exact) mass is 231 g/mol. The van der Waals surface area contributed by atoms with Crippen molar-refractivity contribution in [2.75, 3.05) is 0 Å². The van der Waals surface area contributed by atoms with E-state index in [1.807, 2.05) is 13.8 Å². The van der Waals surface area contributed by atoms with Gasteiger partial charge in [0.05, 0.1) is 12.1 Å². The van der Waals surface area contributed by atoms with Crippen molar-refractivity contribution in [2.45, 2.75) is 57.5 Å². The summed E-state index contributed by atoms with van der Waals surface area (Å²) in [7, 11) is 0. The van der Waals surface area contributed by atoms with Crippen molar-refractivity contribution < 1.29 is 20.1 Å². The van der Waals surface area contributed by atoms with Crippen LogP contribution in [-0.2, 0) is 4.79 Å². The van der Waals surface area contributed by atoms with E-state index in [2.05, 4.69) is 5.32 Å². The molecule has 0 radical (unpaired) electrons. The van der Waals surface area contributed by atoms with E-state index in [0.717, 1.165) is 12.8 Å². The maximum Gasteiger partial charge on any atom is 0.223 e. The van der Waals surface area contributed by atoms with Crippen molar-refractivity contribution in [1.82, 2.24) is 5.32 Å². The van der Waals surface area contributed by atoms with Crippen LogP contribution >= 0.6 is 0 Å². The fourth-order valence-corrected chi connectivity index (χ4v) is 2.04. The van der Waals surface area contributed by atoms with E-state index in [-0.39, 0.29) is 18.2 Å². The molecule has 0 aromatic heterocycles.